The predicted molar refractivity (Wildman–Crippen MR) is 149 cm³/mol. The number of nitrogens with zero attached hydrogens (tertiary/aromatic N) is 5. The largest absolute Gasteiger partial charge is 0.462 e. The lowest BCUT2D eigenvalue weighted by Crippen LogP contribution is -2.53. The summed E-state index contributed by atoms with van der Waals surface area (Å²) in [6, 6.07) is 8.37. The van der Waals surface area contributed by atoms with E-state index in [-0.39, 0.29) is 34.2 Å². The molecule has 0 aliphatic carbocycles. The topological polar surface area (TPSA) is 161 Å². The minimum atomic E-state index is -0.636. The number of anilines is 2. The molecule has 2 fully saturated rings. The molecule has 0 unspecified atom stereocenters. The van der Waals surface area contributed by atoms with E-state index in [1.54, 1.807) is 17.9 Å². The van der Waals surface area contributed by atoms with Gasteiger partial charge in [-0.2, -0.15) is 0 Å². The van der Waals surface area contributed by atoms with Crippen molar-refractivity contribution in [2.45, 2.75) is 6.92 Å². The number of nitrogens with one attached hydrogen (secondary N) is 1. The monoisotopic (exact) mass is 572 g/mol. The Morgan fingerprint density at radius 2 is 1.60 bits per heavy atom. The fourth-order valence-electron chi connectivity index (χ4n) is 4.57. The van der Waals surface area contributed by atoms with Crippen LogP contribution in [0.5, 0.6) is 0 Å². The Kier molecular flexibility index (Phi) is 9.06. The second kappa shape index (κ2) is 12.7. The zero-order valence-corrected chi connectivity index (χ0v) is 22.6. The van der Waals surface area contributed by atoms with Gasteiger partial charge in [0.05, 0.1) is 46.5 Å². The molecule has 0 bridgehead atoms. The molecule has 40 heavy (non-hydrogen) atoms. The van der Waals surface area contributed by atoms with E-state index < -0.39 is 21.7 Å². The van der Waals surface area contributed by atoms with Crippen molar-refractivity contribution in [1.29, 1.82) is 0 Å². The highest BCUT2D eigenvalue weighted by Crippen LogP contribution is 2.31. The van der Waals surface area contributed by atoms with Gasteiger partial charge in [-0.05, 0) is 37.3 Å². The Labute approximate surface area is 234 Å². The van der Waals surface area contributed by atoms with Crippen LogP contribution in [-0.4, -0.2) is 90.8 Å². The summed E-state index contributed by atoms with van der Waals surface area (Å²) in [4.78, 5) is 52.8. The average molecular weight is 573 g/mol. The number of hydrogen-bond acceptors (Lipinski definition) is 11. The first-order chi connectivity index (χ1) is 19.2. The number of rotatable bonds is 7. The summed E-state index contributed by atoms with van der Waals surface area (Å²) in [5.74, 6) is -1.20. The van der Waals surface area contributed by atoms with Gasteiger partial charge in [0.25, 0.3) is 17.3 Å². The number of hydrogen-bond donors (Lipinski definition) is 1. The number of benzene rings is 2. The first-order valence-electron chi connectivity index (χ1n) is 12.6. The van der Waals surface area contributed by atoms with E-state index in [0.717, 1.165) is 0 Å². The summed E-state index contributed by atoms with van der Waals surface area (Å²) in [7, 11) is 0. The van der Waals surface area contributed by atoms with Crippen molar-refractivity contribution in [3.05, 3.63) is 67.8 Å². The molecule has 2 aromatic carbocycles. The third kappa shape index (κ3) is 6.43. The van der Waals surface area contributed by atoms with Crippen LogP contribution < -0.4 is 15.1 Å². The van der Waals surface area contributed by atoms with E-state index >= 15 is 0 Å². The molecule has 1 amide bonds. The number of carbonyl (C=O) groups excluding carboxylic acids is 2. The molecule has 2 aliphatic heterocycles. The van der Waals surface area contributed by atoms with Crippen LogP contribution in [0.1, 0.15) is 27.6 Å². The Morgan fingerprint density at radius 1 is 0.950 bits per heavy atom. The second-order valence-electron chi connectivity index (χ2n) is 8.97. The summed E-state index contributed by atoms with van der Waals surface area (Å²) >= 11 is 5.48. The predicted octanol–water partition coefficient (Wildman–Crippen LogP) is 2.35. The Bertz CT molecular complexity index is 1320. The van der Waals surface area contributed by atoms with E-state index in [4.69, 9.17) is 21.7 Å². The van der Waals surface area contributed by atoms with Gasteiger partial charge >= 0.3 is 5.97 Å². The third-order valence-electron chi connectivity index (χ3n) is 6.60. The van der Waals surface area contributed by atoms with Crippen LogP contribution in [0.3, 0.4) is 0 Å². The molecule has 1 N–H and O–H groups in total. The molecule has 0 radical (unpaired) electrons. The zero-order chi connectivity index (χ0) is 28.8. The minimum absolute atomic E-state index is 0.0948. The first kappa shape index (κ1) is 28.6. The number of ether oxygens (including phenoxy) is 2. The van der Waals surface area contributed by atoms with Gasteiger partial charge in [0.15, 0.2) is 5.11 Å². The number of piperazine rings is 1. The van der Waals surface area contributed by atoms with Crippen LogP contribution in [0, 0.1) is 20.2 Å². The quantitative estimate of drug-likeness (QED) is 0.224. The van der Waals surface area contributed by atoms with Crippen LogP contribution in [0.4, 0.5) is 22.7 Å². The van der Waals surface area contributed by atoms with Crippen molar-refractivity contribution in [3.8, 4) is 0 Å². The van der Waals surface area contributed by atoms with Crippen molar-refractivity contribution in [3.63, 3.8) is 0 Å². The van der Waals surface area contributed by atoms with Gasteiger partial charge in [-0.15, -0.1) is 0 Å². The highest BCUT2D eigenvalue weighted by Gasteiger charge is 2.28. The van der Waals surface area contributed by atoms with Crippen molar-refractivity contribution in [2.24, 2.45) is 0 Å². The number of esters is 1. The van der Waals surface area contributed by atoms with Crippen LogP contribution in [0.25, 0.3) is 0 Å². The smallest absolute Gasteiger partial charge is 0.338 e. The maximum Gasteiger partial charge on any atom is 0.338 e. The summed E-state index contributed by atoms with van der Waals surface area (Å²) in [5, 5.41) is 25.9. The molecule has 0 saturated carbocycles. The highest BCUT2D eigenvalue weighted by molar-refractivity contribution is 7.80. The van der Waals surface area contributed by atoms with E-state index in [1.807, 2.05) is 9.80 Å². The SMILES string of the molecule is CCOC(=O)c1ccc(N2CCN(C(=S)NC(=O)c3cc([N+](=O)[O-])ccc3N3CCOCC3)CC2)c([N+](=O)[O-])c1. The fourth-order valence-corrected chi connectivity index (χ4v) is 4.85. The summed E-state index contributed by atoms with van der Waals surface area (Å²) in [6.07, 6.45) is 0. The maximum absolute atomic E-state index is 13.2. The third-order valence-corrected chi connectivity index (χ3v) is 6.96. The Balaban J connectivity index is 1.44. The second-order valence-corrected chi connectivity index (χ2v) is 9.36. The molecule has 14 nitrogen and oxygen atoms in total. The standard InChI is InChI=1S/C25H28N6O8S/c1-2-39-24(33)17-3-5-21(22(15-17)31(36)37)27-7-9-29(10-8-27)25(40)26-23(32)19-16-18(30(34)35)4-6-20(19)28-11-13-38-14-12-28/h3-6,15-16H,2,7-14H2,1H3,(H,26,32,40). The van der Waals surface area contributed by atoms with Crippen LogP contribution in [0.15, 0.2) is 36.4 Å². The van der Waals surface area contributed by atoms with Crippen molar-refractivity contribution in [1.82, 2.24) is 10.2 Å². The van der Waals surface area contributed by atoms with Crippen LogP contribution in [-0.2, 0) is 9.47 Å². The summed E-state index contributed by atoms with van der Waals surface area (Å²) < 4.78 is 10.3. The highest BCUT2D eigenvalue weighted by atomic mass is 32.1. The molecule has 2 aliphatic rings. The molecular formula is C25H28N6O8S. The number of morpholine rings is 1. The van der Waals surface area contributed by atoms with Gasteiger partial charge < -0.3 is 24.2 Å². The fraction of sp³-hybridized carbons (Fsp3) is 0.400. The molecule has 2 heterocycles. The average Bonchev–Trinajstić information content (AvgIpc) is 2.97. The van der Waals surface area contributed by atoms with Gasteiger partial charge in [0, 0.05) is 57.5 Å². The normalized spacial score (nSPS) is 15.4. The van der Waals surface area contributed by atoms with E-state index in [2.05, 4.69) is 5.32 Å². The van der Waals surface area contributed by atoms with Gasteiger partial charge in [-0.25, -0.2) is 4.79 Å². The van der Waals surface area contributed by atoms with Crippen molar-refractivity contribution in [2.75, 3.05) is 68.9 Å². The molecular weight excluding hydrogens is 544 g/mol. The molecule has 0 aromatic heterocycles. The van der Waals surface area contributed by atoms with Gasteiger partial charge in [-0.3, -0.25) is 30.3 Å². The maximum atomic E-state index is 13.2. The van der Waals surface area contributed by atoms with Crippen LogP contribution >= 0.6 is 12.2 Å². The Morgan fingerprint density at radius 3 is 2.23 bits per heavy atom. The van der Waals surface area contributed by atoms with Gasteiger partial charge in [-0.1, -0.05) is 0 Å². The van der Waals surface area contributed by atoms with Crippen molar-refractivity contribution < 1.29 is 28.9 Å². The molecule has 212 valence electrons. The minimum Gasteiger partial charge on any atom is -0.462 e. The number of nitro groups is 2. The lowest BCUT2D eigenvalue weighted by Gasteiger charge is -2.37. The molecule has 15 heteroatoms. The summed E-state index contributed by atoms with van der Waals surface area (Å²) in [5.41, 5.74) is 0.720. The van der Waals surface area contributed by atoms with Gasteiger partial charge in [0.2, 0.25) is 0 Å². The Hall–Kier alpha value is -4.37. The number of thiocarbonyl (C=S) groups is 1. The lowest BCUT2D eigenvalue weighted by atomic mass is 10.1. The molecule has 2 saturated heterocycles. The van der Waals surface area contributed by atoms with E-state index in [9.17, 15) is 29.8 Å². The summed E-state index contributed by atoms with van der Waals surface area (Å²) in [6.45, 7) is 5.30. The van der Waals surface area contributed by atoms with E-state index in [1.165, 1.54) is 30.3 Å². The number of non-ortho nitro benzene ring substituents is 1. The molecule has 4 rings (SSSR count). The van der Waals surface area contributed by atoms with Crippen molar-refractivity contribution >= 4 is 52.0 Å². The van der Waals surface area contributed by atoms with E-state index in [0.29, 0.717) is 63.9 Å². The van der Waals surface area contributed by atoms with Crippen LogP contribution in [0.2, 0.25) is 0 Å². The van der Waals surface area contributed by atoms with Gasteiger partial charge in [0.1, 0.15) is 5.69 Å². The molecule has 0 atom stereocenters. The number of amides is 1. The zero-order valence-electron chi connectivity index (χ0n) is 21.7. The molecule has 0 spiro atoms. The first-order valence-corrected chi connectivity index (χ1v) is 13.0. The number of carbonyl (C=O) groups is 2. The number of nitro benzene ring substituents is 2. The lowest BCUT2D eigenvalue weighted by molar-refractivity contribution is -0.384. The molecule has 2 aromatic rings.